The van der Waals surface area contributed by atoms with Gasteiger partial charge in [0.15, 0.2) is 0 Å². The molecule has 0 heterocycles. The van der Waals surface area contributed by atoms with Crippen LogP contribution in [-0.4, -0.2) is 4.92 Å². The van der Waals surface area contributed by atoms with Crippen molar-refractivity contribution in [3.63, 3.8) is 0 Å². The monoisotopic (exact) mass is 284 g/mol. The van der Waals surface area contributed by atoms with Crippen molar-refractivity contribution >= 4 is 11.4 Å². The van der Waals surface area contributed by atoms with Gasteiger partial charge < -0.3 is 5.32 Å². The number of nitro benzene ring substituents is 1. The maximum atomic E-state index is 10.9. The van der Waals surface area contributed by atoms with Gasteiger partial charge in [0.25, 0.3) is 5.69 Å². The van der Waals surface area contributed by atoms with Crippen LogP contribution in [0.4, 0.5) is 11.4 Å². The lowest BCUT2D eigenvalue weighted by Gasteiger charge is -2.24. The molecular formula is C17H20N2O2. The molecule has 0 aliphatic rings. The first-order valence-corrected chi connectivity index (χ1v) is 7.05. The lowest BCUT2D eigenvalue weighted by atomic mass is 9.95. The minimum Gasteiger partial charge on any atom is -0.378 e. The molecule has 0 fully saturated rings. The summed E-state index contributed by atoms with van der Waals surface area (Å²) in [6.45, 7) is 6.07. The fraction of sp³-hybridized carbons (Fsp3) is 0.294. The van der Waals surface area contributed by atoms with Crippen molar-refractivity contribution in [3.05, 3.63) is 69.8 Å². The van der Waals surface area contributed by atoms with Crippen LogP contribution in [0.1, 0.15) is 31.0 Å². The van der Waals surface area contributed by atoms with Crippen LogP contribution >= 0.6 is 0 Å². The number of hydrogen-bond acceptors (Lipinski definition) is 3. The van der Waals surface area contributed by atoms with Crippen molar-refractivity contribution in [2.24, 2.45) is 5.92 Å². The lowest BCUT2D eigenvalue weighted by molar-refractivity contribution is -0.385. The van der Waals surface area contributed by atoms with Gasteiger partial charge in [-0.3, -0.25) is 10.1 Å². The average Bonchev–Trinajstić information content (AvgIpc) is 2.45. The number of anilines is 1. The van der Waals surface area contributed by atoms with E-state index in [2.05, 4.69) is 31.3 Å². The van der Waals surface area contributed by atoms with Crippen LogP contribution in [0.5, 0.6) is 0 Å². The number of rotatable bonds is 5. The largest absolute Gasteiger partial charge is 0.378 e. The molecule has 1 atom stereocenters. The van der Waals surface area contributed by atoms with Crippen LogP contribution in [-0.2, 0) is 0 Å². The summed E-state index contributed by atoms with van der Waals surface area (Å²) < 4.78 is 0. The van der Waals surface area contributed by atoms with Gasteiger partial charge in [0.1, 0.15) is 0 Å². The molecule has 0 saturated heterocycles. The summed E-state index contributed by atoms with van der Waals surface area (Å²) in [5, 5.41) is 14.3. The van der Waals surface area contributed by atoms with Crippen LogP contribution in [0.3, 0.4) is 0 Å². The molecule has 0 aromatic heterocycles. The Labute approximate surface area is 125 Å². The van der Waals surface area contributed by atoms with Gasteiger partial charge in [-0.25, -0.2) is 0 Å². The van der Waals surface area contributed by atoms with Gasteiger partial charge in [-0.2, -0.15) is 0 Å². The average molecular weight is 284 g/mol. The molecule has 2 aromatic carbocycles. The van der Waals surface area contributed by atoms with Crippen LogP contribution in [0.15, 0.2) is 48.5 Å². The third-order valence-corrected chi connectivity index (χ3v) is 3.54. The second-order valence-electron chi connectivity index (χ2n) is 5.54. The fourth-order valence-corrected chi connectivity index (χ4v) is 2.42. The second kappa shape index (κ2) is 6.39. The van der Waals surface area contributed by atoms with Gasteiger partial charge in [0.2, 0.25) is 0 Å². The van der Waals surface area contributed by atoms with Crippen molar-refractivity contribution in [2.75, 3.05) is 5.32 Å². The van der Waals surface area contributed by atoms with Gasteiger partial charge in [-0.15, -0.1) is 0 Å². The molecular weight excluding hydrogens is 264 g/mol. The Morgan fingerprint density at radius 1 is 1.10 bits per heavy atom. The molecule has 0 saturated carbocycles. The highest BCUT2D eigenvalue weighted by Crippen LogP contribution is 2.28. The van der Waals surface area contributed by atoms with Gasteiger partial charge in [0, 0.05) is 17.3 Å². The molecule has 1 unspecified atom stereocenters. The molecule has 21 heavy (non-hydrogen) atoms. The minimum atomic E-state index is -0.351. The number of benzene rings is 2. The van der Waals surface area contributed by atoms with Crippen LogP contribution in [0.25, 0.3) is 0 Å². The summed E-state index contributed by atoms with van der Waals surface area (Å²) in [6.07, 6.45) is 0. The van der Waals surface area contributed by atoms with E-state index < -0.39 is 0 Å². The smallest absolute Gasteiger partial charge is 0.272 e. The number of aryl methyl sites for hydroxylation is 1. The first kappa shape index (κ1) is 15.0. The van der Waals surface area contributed by atoms with E-state index in [1.165, 1.54) is 5.56 Å². The third-order valence-electron chi connectivity index (χ3n) is 3.54. The first-order valence-electron chi connectivity index (χ1n) is 7.05. The van der Waals surface area contributed by atoms with E-state index in [0.29, 0.717) is 11.5 Å². The Hall–Kier alpha value is -2.36. The SMILES string of the molecule is Cc1cc(NC(c2ccccc2)C(C)C)ccc1[N+](=O)[O-]. The van der Waals surface area contributed by atoms with Crippen LogP contribution < -0.4 is 5.32 Å². The van der Waals surface area contributed by atoms with Gasteiger partial charge in [-0.1, -0.05) is 44.2 Å². The second-order valence-corrected chi connectivity index (χ2v) is 5.54. The number of hydrogen-bond donors (Lipinski definition) is 1. The number of nitrogens with one attached hydrogen (secondary N) is 1. The summed E-state index contributed by atoms with van der Waals surface area (Å²) in [4.78, 5) is 10.5. The summed E-state index contributed by atoms with van der Waals surface area (Å²) in [5.74, 6) is 0.405. The molecule has 4 nitrogen and oxygen atoms in total. The minimum absolute atomic E-state index is 0.154. The fourth-order valence-electron chi connectivity index (χ4n) is 2.42. The van der Waals surface area contributed by atoms with E-state index in [-0.39, 0.29) is 16.7 Å². The van der Waals surface area contributed by atoms with Crippen molar-refractivity contribution in [3.8, 4) is 0 Å². The summed E-state index contributed by atoms with van der Waals surface area (Å²) in [5.41, 5.74) is 2.94. The topological polar surface area (TPSA) is 55.2 Å². The summed E-state index contributed by atoms with van der Waals surface area (Å²) >= 11 is 0. The lowest BCUT2D eigenvalue weighted by Crippen LogP contribution is -2.16. The molecule has 0 amide bonds. The first-order chi connectivity index (χ1) is 9.99. The van der Waals surface area contributed by atoms with Crippen LogP contribution in [0, 0.1) is 23.0 Å². The molecule has 2 aromatic rings. The zero-order valence-electron chi connectivity index (χ0n) is 12.5. The number of nitrogens with zero attached hydrogens (tertiary/aromatic N) is 1. The van der Waals surface area contributed by atoms with Gasteiger partial charge in [0.05, 0.1) is 11.0 Å². The van der Waals surface area contributed by atoms with E-state index >= 15 is 0 Å². The molecule has 0 radical (unpaired) electrons. The Bertz CT molecular complexity index is 624. The standard InChI is InChI=1S/C17H20N2O2/c1-12(2)17(14-7-5-4-6-8-14)18-15-9-10-16(19(20)21)13(3)11-15/h4-12,17-18H,1-3H3. The highest BCUT2D eigenvalue weighted by atomic mass is 16.6. The maximum Gasteiger partial charge on any atom is 0.272 e. The highest BCUT2D eigenvalue weighted by Gasteiger charge is 2.17. The highest BCUT2D eigenvalue weighted by molar-refractivity contribution is 5.54. The molecule has 1 N–H and O–H groups in total. The van der Waals surface area contributed by atoms with Crippen molar-refractivity contribution in [1.29, 1.82) is 0 Å². The predicted molar refractivity (Wildman–Crippen MR) is 85.5 cm³/mol. The quantitative estimate of drug-likeness (QED) is 0.639. The predicted octanol–water partition coefficient (Wildman–Crippen LogP) is 4.71. The molecule has 0 spiro atoms. The normalized spacial score (nSPS) is 12.2. The molecule has 4 heteroatoms. The molecule has 2 rings (SSSR count). The Balaban J connectivity index is 2.26. The van der Waals surface area contributed by atoms with E-state index in [9.17, 15) is 10.1 Å². The molecule has 110 valence electrons. The summed E-state index contributed by atoms with van der Waals surface area (Å²) in [7, 11) is 0. The molecule has 0 aliphatic heterocycles. The molecule has 0 aliphatic carbocycles. The van der Waals surface area contributed by atoms with E-state index in [4.69, 9.17) is 0 Å². The van der Waals surface area contributed by atoms with Gasteiger partial charge >= 0.3 is 0 Å². The van der Waals surface area contributed by atoms with Crippen molar-refractivity contribution in [1.82, 2.24) is 0 Å². The zero-order valence-corrected chi connectivity index (χ0v) is 12.5. The van der Waals surface area contributed by atoms with E-state index in [1.807, 2.05) is 24.3 Å². The van der Waals surface area contributed by atoms with E-state index in [1.54, 1.807) is 19.1 Å². The third kappa shape index (κ3) is 3.60. The summed E-state index contributed by atoms with van der Waals surface area (Å²) in [6, 6.07) is 15.6. The van der Waals surface area contributed by atoms with Crippen molar-refractivity contribution in [2.45, 2.75) is 26.8 Å². The van der Waals surface area contributed by atoms with E-state index in [0.717, 1.165) is 5.69 Å². The van der Waals surface area contributed by atoms with Gasteiger partial charge in [-0.05, 0) is 30.5 Å². The Morgan fingerprint density at radius 3 is 2.29 bits per heavy atom. The van der Waals surface area contributed by atoms with Crippen molar-refractivity contribution < 1.29 is 4.92 Å². The Morgan fingerprint density at radius 2 is 1.76 bits per heavy atom. The Kier molecular flexibility index (Phi) is 4.58. The molecule has 0 bridgehead atoms. The maximum absolute atomic E-state index is 10.9. The number of nitro groups is 1. The van der Waals surface area contributed by atoms with Crippen LogP contribution in [0.2, 0.25) is 0 Å². The zero-order chi connectivity index (χ0) is 15.4.